The van der Waals surface area contributed by atoms with Crippen molar-refractivity contribution in [3.63, 3.8) is 0 Å². The number of phenols is 1. The molecule has 0 aliphatic rings. The minimum atomic E-state index is -0.559. The third kappa shape index (κ3) is 6.37. The number of amides is 1. The number of nitrogens with zero attached hydrogens (tertiary/aromatic N) is 1. The maximum atomic E-state index is 12.6. The van der Waals surface area contributed by atoms with Crippen LogP contribution < -0.4 is 5.73 Å². The monoisotopic (exact) mass is 342 g/mol. The van der Waals surface area contributed by atoms with Crippen molar-refractivity contribution in [1.29, 1.82) is 0 Å². The summed E-state index contributed by atoms with van der Waals surface area (Å²) in [4.78, 5) is 14.2. The van der Waals surface area contributed by atoms with Crippen LogP contribution in [0, 0.1) is 0 Å². The molecule has 1 amide bonds. The molecular formula is C20H26N2O3. The van der Waals surface area contributed by atoms with Gasteiger partial charge >= 0.3 is 6.09 Å². The van der Waals surface area contributed by atoms with E-state index in [1.54, 1.807) is 23.1 Å². The van der Waals surface area contributed by atoms with Gasteiger partial charge in [0, 0.05) is 18.8 Å². The summed E-state index contributed by atoms with van der Waals surface area (Å²) >= 11 is 0. The first-order valence-electron chi connectivity index (χ1n) is 8.33. The third-order valence-electron chi connectivity index (χ3n) is 3.56. The van der Waals surface area contributed by atoms with Crippen LogP contribution in [-0.4, -0.2) is 28.2 Å². The van der Waals surface area contributed by atoms with Gasteiger partial charge in [0.1, 0.15) is 11.4 Å². The smallest absolute Gasteiger partial charge is 0.410 e. The number of aromatic hydroxyl groups is 1. The number of hydrogen-bond acceptors (Lipinski definition) is 4. The highest BCUT2D eigenvalue weighted by molar-refractivity contribution is 5.68. The van der Waals surface area contributed by atoms with Crippen LogP contribution in [0.25, 0.3) is 0 Å². The second-order valence-corrected chi connectivity index (χ2v) is 7.07. The molecule has 0 fully saturated rings. The number of carbonyl (C=O) groups is 1. The maximum Gasteiger partial charge on any atom is 0.410 e. The number of phenolic OH excluding ortho intramolecular Hbond substituents is 1. The summed E-state index contributed by atoms with van der Waals surface area (Å²) < 4.78 is 5.52. The number of nitrogens with two attached hydrogens (primary N) is 1. The number of anilines is 1. The van der Waals surface area contributed by atoms with E-state index in [1.165, 1.54) is 0 Å². The number of hydrogen-bond donors (Lipinski definition) is 2. The molecule has 2 rings (SSSR count). The molecule has 0 unspecified atom stereocenters. The minimum Gasteiger partial charge on any atom is -0.508 e. The summed E-state index contributed by atoms with van der Waals surface area (Å²) in [5.41, 5.74) is 7.84. The lowest BCUT2D eigenvalue weighted by atomic mass is 10.1. The van der Waals surface area contributed by atoms with Crippen LogP contribution in [0.15, 0.2) is 48.5 Å². The summed E-state index contributed by atoms with van der Waals surface area (Å²) in [6, 6.07) is 14.5. The highest BCUT2D eigenvalue weighted by Crippen LogP contribution is 2.16. The van der Waals surface area contributed by atoms with E-state index in [0.717, 1.165) is 11.1 Å². The molecule has 0 aliphatic heterocycles. The molecule has 0 atom stereocenters. The Bertz CT molecular complexity index is 723. The van der Waals surface area contributed by atoms with Crippen molar-refractivity contribution in [3.8, 4) is 5.75 Å². The van der Waals surface area contributed by atoms with Crippen LogP contribution in [0.5, 0.6) is 5.75 Å². The molecule has 0 spiro atoms. The number of rotatable bonds is 5. The van der Waals surface area contributed by atoms with E-state index in [9.17, 15) is 9.90 Å². The average molecular weight is 342 g/mol. The highest BCUT2D eigenvalue weighted by atomic mass is 16.6. The van der Waals surface area contributed by atoms with Crippen molar-refractivity contribution >= 4 is 11.8 Å². The molecular weight excluding hydrogens is 316 g/mol. The molecule has 5 heteroatoms. The highest BCUT2D eigenvalue weighted by Gasteiger charge is 2.22. The molecule has 0 aliphatic carbocycles. The van der Waals surface area contributed by atoms with E-state index >= 15 is 0 Å². The van der Waals surface area contributed by atoms with E-state index in [2.05, 4.69) is 0 Å². The van der Waals surface area contributed by atoms with E-state index < -0.39 is 5.60 Å². The summed E-state index contributed by atoms with van der Waals surface area (Å²) in [5, 5.41) is 9.59. The van der Waals surface area contributed by atoms with Gasteiger partial charge in [0.25, 0.3) is 0 Å². The van der Waals surface area contributed by atoms with Crippen molar-refractivity contribution in [2.75, 3.05) is 12.3 Å². The molecule has 0 saturated heterocycles. The molecule has 25 heavy (non-hydrogen) atoms. The molecule has 3 N–H and O–H groups in total. The standard InChI is InChI=1S/C20H26N2O3/c1-20(2,3)25-19(24)22(14-16-7-4-8-17(21)12-16)11-10-15-6-5-9-18(23)13-15/h4-9,12-13,23H,10-11,14,21H2,1-3H3. The Morgan fingerprint density at radius 1 is 1.12 bits per heavy atom. The average Bonchev–Trinajstić information content (AvgIpc) is 2.50. The lowest BCUT2D eigenvalue weighted by Gasteiger charge is -2.27. The fourth-order valence-corrected chi connectivity index (χ4v) is 2.45. The van der Waals surface area contributed by atoms with Gasteiger partial charge in [0.15, 0.2) is 0 Å². The van der Waals surface area contributed by atoms with Crippen molar-refractivity contribution in [3.05, 3.63) is 59.7 Å². The van der Waals surface area contributed by atoms with Crippen LogP contribution >= 0.6 is 0 Å². The Labute approximate surface area is 149 Å². The first-order valence-corrected chi connectivity index (χ1v) is 8.33. The zero-order valence-corrected chi connectivity index (χ0v) is 15.0. The van der Waals surface area contributed by atoms with Gasteiger partial charge in [-0.3, -0.25) is 0 Å². The Balaban J connectivity index is 2.11. The second kappa shape index (κ2) is 7.92. The van der Waals surface area contributed by atoms with Gasteiger partial charge in [0.2, 0.25) is 0 Å². The number of carbonyl (C=O) groups excluding carboxylic acids is 1. The Kier molecular flexibility index (Phi) is 5.91. The first-order chi connectivity index (χ1) is 11.7. The third-order valence-corrected chi connectivity index (χ3v) is 3.56. The van der Waals surface area contributed by atoms with Gasteiger partial charge in [-0.15, -0.1) is 0 Å². The Hall–Kier alpha value is -2.69. The van der Waals surface area contributed by atoms with Gasteiger partial charge in [-0.2, -0.15) is 0 Å². The molecule has 0 radical (unpaired) electrons. The van der Waals surface area contributed by atoms with Gasteiger partial charge in [-0.25, -0.2) is 4.79 Å². The van der Waals surface area contributed by atoms with Gasteiger partial charge in [0.05, 0.1) is 0 Å². The second-order valence-electron chi connectivity index (χ2n) is 7.07. The molecule has 134 valence electrons. The molecule has 0 saturated carbocycles. The van der Waals surface area contributed by atoms with Crippen LogP contribution in [-0.2, 0) is 17.7 Å². The molecule has 2 aromatic carbocycles. The van der Waals surface area contributed by atoms with Crippen LogP contribution in [0.2, 0.25) is 0 Å². The maximum absolute atomic E-state index is 12.6. The normalized spacial score (nSPS) is 11.2. The van der Waals surface area contributed by atoms with Crippen molar-refractivity contribution < 1.29 is 14.6 Å². The lowest BCUT2D eigenvalue weighted by Crippen LogP contribution is -2.37. The largest absolute Gasteiger partial charge is 0.508 e. The quantitative estimate of drug-likeness (QED) is 0.807. The zero-order valence-electron chi connectivity index (χ0n) is 15.0. The SMILES string of the molecule is CC(C)(C)OC(=O)N(CCc1cccc(O)c1)Cc1cccc(N)c1. The lowest BCUT2D eigenvalue weighted by molar-refractivity contribution is 0.0236. The van der Waals surface area contributed by atoms with Crippen LogP contribution in [0.4, 0.5) is 10.5 Å². The predicted molar refractivity (Wildman–Crippen MR) is 99.3 cm³/mol. The summed E-state index contributed by atoms with van der Waals surface area (Å²) in [6.07, 6.45) is 0.255. The van der Waals surface area contributed by atoms with Crippen molar-refractivity contribution in [2.24, 2.45) is 0 Å². The molecule has 0 bridgehead atoms. The van der Waals surface area contributed by atoms with E-state index in [4.69, 9.17) is 10.5 Å². The zero-order chi connectivity index (χ0) is 18.4. The number of ether oxygens (including phenoxy) is 1. The molecule has 5 nitrogen and oxygen atoms in total. The molecule has 0 aromatic heterocycles. The fourth-order valence-electron chi connectivity index (χ4n) is 2.45. The summed E-state index contributed by atoms with van der Waals surface area (Å²) in [6.45, 7) is 6.43. The van der Waals surface area contributed by atoms with Crippen molar-refractivity contribution in [2.45, 2.75) is 39.3 Å². The Morgan fingerprint density at radius 3 is 2.44 bits per heavy atom. The van der Waals surface area contributed by atoms with Gasteiger partial charge in [-0.1, -0.05) is 24.3 Å². The first kappa shape index (κ1) is 18.6. The number of benzene rings is 2. The van der Waals surface area contributed by atoms with E-state index in [0.29, 0.717) is 25.2 Å². The van der Waals surface area contributed by atoms with Gasteiger partial charge < -0.3 is 20.5 Å². The fraction of sp³-hybridized carbons (Fsp3) is 0.350. The van der Waals surface area contributed by atoms with E-state index in [1.807, 2.05) is 51.1 Å². The van der Waals surface area contributed by atoms with E-state index in [-0.39, 0.29) is 11.8 Å². The minimum absolute atomic E-state index is 0.220. The van der Waals surface area contributed by atoms with Crippen LogP contribution in [0.3, 0.4) is 0 Å². The van der Waals surface area contributed by atoms with Gasteiger partial charge in [-0.05, 0) is 62.6 Å². The molecule has 2 aromatic rings. The summed E-state index contributed by atoms with van der Waals surface area (Å²) in [7, 11) is 0. The van der Waals surface area contributed by atoms with Crippen LogP contribution in [0.1, 0.15) is 31.9 Å². The topological polar surface area (TPSA) is 75.8 Å². The Morgan fingerprint density at radius 2 is 1.80 bits per heavy atom. The predicted octanol–water partition coefficient (Wildman–Crippen LogP) is 3.95. The summed E-state index contributed by atoms with van der Waals surface area (Å²) in [5.74, 6) is 0.220. The molecule has 0 heterocycles. The number of nitrogen functional groups attached to an aromatic ring is 1. The van der Waals surface area contributed by atoms with Crippen molar-refractivity contribution in [1.82, 2.24) is 4.90 Å².